The largest absolute Gasteiger partial charge is 0.480 e. The Morgan fingerprint density at radius 2 is 2.12 bits per heavy atom. The zero-order valence-electron chi connectivity index (χ0n) is 9.30. The first-order chi connectivity index (χ1) is 8.18. The fraction of sp³-hybridized carbons (Fsp3) is 0.417. The van der Waals surface area contributed by atoms with Crippen LogP contribution in [0.25, 0.3) is 0 Å². The fourth-order valence-electron chi connectivity index (χ4n) is 2.02. The van der Waals surface area contributed by atoms with E-state index in [2.05, 4.69) is 15.9 Å². The molecule has 0 spiro atoms. The van der Waals surface area contributed by atoms with Crippen molar-refractivity contribution in [2.75, 3.05) is 24.6 Å². The number of thioether (sulfide) groups is 1. The van der Waals surface area contributed by atoms with Gasteiger partial charge < -0.3 is 5.11 Å². The van der Waals surface area contributed by atoms with Crippen LogP contribution in [0.2, 0.25) is 0 Å². The third kappa shape index (κ3) is 3.24. The van der Waals surface area contributed by atoms with Gasteiger partial charge in [0.15, 0.2) is 0 Å². The molecule has 17 heavy (non-hydrogen) atoms. The van der Waals surface area contributed by atoms with Crippen LogP contribution >= 0.6 is 27.7 Å². The van der Waals surface area contributed by atoms with E-state index < -0.39 is 12.0 Å². The third-order valence-corrected chi connectivity index (χ3v) is 4.24. The number of benzene rings is 1. The molecule has 1 aromatic rings. The quantitative estimate of drug-likeness (QED) is 0.931. The zero-order valence-corrected chi connectivity index (χ0v) is 11.7. The Kier molecular flexibility index (Phi) is 4.48. The first-order valence-electron chi connectivity index (χ1n) is 5.48. The monoisotopic (exact) mass is 315 g/mol. The minimum Gasteiger partial charge on any atom is -0.480 e. The Labute approximate surface area is 113 Å². The summed E-state index contributed by atoms with van der Waals surface area (Å²) in [6.07, 6.45) is 0. The van der Waals surface area contributed by atoms with Gasteiger partial charge in [0.05, 0.1) is 0 Å². The predicted octanol–water partition coefficient (Wildman–Crippen LogP) is 2.62. The molecule has 2 rings (SSSR count). The second-order valence-electron chi connectivity index (χ2n) is 3.94. The van der Waals surface area contributed by atoms with Gasteiger partial charge in [0, 0.05) is 29.1 Å². The molecule has 1 atom stereocenters. The molecule has 1 saturated heterocycles. The van der Waals surface area contributed by atoms with Crippen LogP contribution < -0.4 is 0 Å². The minimum atomic E-state index is -0.769. The number of halogens is 1. The van der Waals surface area contributed by atoms with Gasteiger partial charge in [-0.1, -0.05) is 28.1 Å². The van der Waals surface area contributed by atoms with Crippen molar-refractivity contribution < 1.29 is 9.90 Å². The summed E-state index contributed by atoms with van der Waals surface area (Å²) >= 11 is 5.27. The van der Waals surface area contributed by atoms with Gasteiger partial charge in [0.25, 0.3) is 0 Å². The first-order valence-corrected chi connectivity index (χ1v) is 7.43. The lowest BCUT2D eigenvalue weighted by molar-refractivity contribution is -0.143. The maximum Gasteiger partial charge on any atom is 0.325 e. The summed E-state index contributed by atoms with van der Waals surface area (Å²) < 4.78 is 0.924. The number of nitrogens with zero attached hydrogens (tertiary/aromatic N) is 1. The van der Waals surface area contributed by atoms with E-state index in [0.717, 1.165) is 34.6 Å². The number of carboxylic acid groups (broad SMARTS) is 1. The predicted molar refractivity (Wildman–Crippen MR) is 73.4 cm³/mol. The fourth-order valence-corrected chi connectivity index (χ4v) is 3.37. The van der Waals surface area contributed by atoms with Crippen LogP contribution in [0, 0.1) is 0 Å². The Balaban J connectivity index is 2.25. The van der Waals surface area contributed by atoms with E-state index >= 15 is 0 Å². The van der Waals surface area contributed by atoms with Crippen molar-refractivity contribution in [3.63, 3.8) is 0 Å². The molecule has 1 aromatic carbocycles. The van der Waals surface area contributed by atoms with Crippen molar-refractivity contribution in [2.45, 2.75) is 6.04 Å². The van der Waals surface area contributed by atoms with Gasteiger partial charge in [-0.3, -0.25) is 9.69 Å². The van der Waals surface area contributed by atoms with Crippen LogP contribution in [0.1, 0.15) is 11.6 Å². The lowest BCUT2D eigenvalue weighted by Crippen LogP contribution is -2.39. The summed E-state index contributed by atoms with van der Waals surface area (Å²) in [5.41, 5.74) is 0.846. The molecule has 0 bridgehead atoms. The highest BCUT2D eigenvalue weighted by Crippen LogP contribution is 2.26. The molecule has 5 heteroatoms. The van der Waals surface area contributed by atoms with E-state index in [4.69, 9.17) is 0 Å². The van der Waals surface area contributed by atoms with Gasteiger partial charge in [0.2, 0.25) is 0 Å². The van der Waals surface area contributed by atoms with E-state index in [1.165, 1.54) is 0 Å². The summed E-state index contributed by atoms with van der Waals surface area (Å²) in [7, 11) is 0. The zero-order chi connectivity index (χ0) is 12.3. The summed E-state index contributed by atoms with van der Waals surface area (Å²) in [6.45, 7) is 1.68. The van der Waals surface area contributed by atoms with Crippen LogP contribution in [-0.2, 0) is 4.79 Å². The van der Waals surface area contributed by atoms with Crippen molar-refractivity contribution in [3.05, 3.63) is 34.3 Å². The number of carbonyl (C=O) groups is 1. The Morgan fingerprint density at radius 3 is 2.71 bits per heavy atom. The highest BCUT2D eigenvalue weighted by atomic mass is 79.9. The Morgan fingerprint density at radius 1 is 1.41 bits per heavy atom. The maximum atomic E-state index is 11.4. The molecule has 0 aliphatic carbocycles. The summed E-state index contributed by atoms with van der Waals surface area (Å²) in [6, 6.07) is 7.04. The number of carboxylic acids is 1. The second kappa shape index (κ2) is 5.89. The van der Waals surface area contributed by atoms with Crippen molar-refractivity contribution >= 4 is 33.7 Å². The Bertz CT molecular complexity index is 407. The van der Waals surface area contributed by atoms with Crippen molar-refractivity contribution in [2.24, 2.45) is 0 Å². The van der Waals surface area contributed by atoms with E-state index in [9.17, 15) is 9.90 Å². The van der Waals surface area contributed by atoms with Crippen LogP contribution in [0.5, 0.6) is 0 Å². The van der Waals surface area contributed by atoms with Gasteiger partial charge in [-0.05, 0) is 17.7 Å². The average Bonchev–Trinajstić information content (AvgIpc) is 2.30. The molecule has 1 unspecified atom stereocenters. The molecule has 1 aliphatic rings. The van der Waals surface area contributed by atoms with Crippen LogP contribution in [-0.4, -0.2) is 40.6 Å². The van der Waals surface area contributed by atoms with Crippen molar-refractivity contribution in [1.29, 1.82) is 0 Å². The van der Waals surface area contributed by atoms with E-state index in [0.29, 0.717) is 0 Å². The molecule has 1 heterocycles. The average molecular weight is 316 g/mol. The maximum absolute atomic E-state index is 11.4. The number of hydrogen-bond donors (Lipinski definition) is 1. The van der Waals surface area contributed by atoms with Gasteiger partial charge in [-0.2, -0.15) is 11.8 Å². The molecule has 1 aliphatic heterocycles. The summed E-state index contributed by atoms with van der Waals surface area (Å²) in [5.74, 6) is 1.25. The summed E-state index contributed by atoms with van der Waals surface area (Å²) in [5, 5.41) is 9.41. The lowest BCUT2D eigenvalue weighted by atomic mass is 10.1. The van der Waals surface area contributed by atoms with Crippen LogP contribution in [0.3, 0.4) is 0 Å². The molecule has 3 nitrogen and oxygen atoms in total. The standard InChI is InChI=1S/C12H14BrNO2S/c13-10-3-1-2-9(8-10)11(12(15)16)14-4-6-17-7-5-14/h1-3,8,11H,4-7H2,(H,15,16). The number of aliphatic carboxylic acids is 1. The van der Waals surface area contributed by atoms with Crippen LogP contribution in [0.15, 0.2) is 28.7 Å². The topological polar surface area (TPSA) is 40.5 Å². The molecule has 0 aromatic heterocycles. The van der Waals surface area contributed by atoms with Crippen molar-refractivity contribution in [3.8, 4) is 0 Å². The van der Waals surface area contributed by atoms with Gasteiger partial charge in [-0.15, -0.1) is 0 Å². The van der Waals surface area contributed by atoms with Gasteiger partial charge in [0.1, 0.15) is 6.04 Å². The highest BCUT2D eigenvalue weighted by molar-refractivity contribution is 9.10. The molecule has 0 amide bonds. The van der Waals surface area contributed by atoms with Gasteiger partial charge >= 0.3 is 5.97 Å². The minimum absolute atomic E-state index is 0.520. The molecule has 1 fully saturated rings. The highest BCUT2D eigenvalue weighted by Gasteiger charge is 2.28. The Hall–Kier alpha value is -0.520. The first kappa shape index (κ1) is 12.9. The molecule has 0 radical (unpaired) electrons. The molecule has 0 saturated carbocycles. The molecule has 92 valence electrons. The molecular weight excluding hydrogens is 302 g/mol. The van der Waals surface area contributed by atoms with Crippen LogP contribution in [0.4, 0.5) is 0 Å². The summed E-state index contributed by atoms with van der Waals surface area (Å²) in [4.78, 5) is 13.5. The smallest absolute Gasteiger partial charge is 0.325 e. The third-order valence-electron chi connectivity index (χ3n) is 2.81. The van der Waals surface area contributed by atoms with E-state index in [-0.39, 0.29) is 0 Å². The van der Waals surface area contributed by atoms with E-state index in [1.54, 1.807) is 0 Å². The second-order valence-corrected chi connectivity index (χ2v) is 6.08. The number of hydrogen-bond acceptors (Lipinski definition) is 3. The van der Waals surface area contributed by atoms with E-state index in [1.807, 2.05) is 40.9 Å². The molecular formula is C12H14BrNO2S. The normalized spacial score (nSPS) is 18.9. The van der Waals surface area contributed by atoms with Gasteiger partial charge in [-0.25, -0.2) is 0 Å². The lowest BCUT2D eigenvalue weighted by Gasteiger charge is -2.31. The number of rotatable bonds is 3. The van der Waals surface area contributed by atoms with Crippen molar-refractivity contribution in [1.82, 2.24) is 4.90 Å². The SMILES string of the molecule is O=C(O)C(c1cccc(Br)c1)N1CCSCC1. The molecule has 1 N–H and O–H groups in total.